The Morgan fingerprint density at radius 3 is 3.15 bits per heavy atom. The molecule has 0 radical (unpaired) electrons. The smallest absolute Gasteiger partial charge is 0.320 e. The summed E-state index contributed by atoms with van der Waals surface area (Å²) < 4.78 is 0. The molecule has 1 fully saturated rings. The third-order valence-electron chi connectivity index (χ3n) is 1.88. The predicted molar refractivity (Wildman–Crippen MR) is 47.1 cm³/mol. The first-order valence-corrected chi connectivity index (χ1v) is 4.18. The van der Waals surface area contributed by atoms with Gasteiger partial charge in [0.25, 0.3) is 0 Å². The number of aliphatic carboxylic acids is 1. The lowest BCUT2D eigenvalue weighted by Gasteiger charge is -2.09. The Balaban J connectivity index is 2.17. The summed E-state index contributed by atoms with van der Waals surface area (Å²) in [6.45, 7) is 4.54. The molecule has 0 aromatic rings. The van der Waals surface area contributed by atoms with Gasteiger partial charge in [-0.15, -0.1) is 6.58 Å². The van der Waals surface area contributed by atoms with Gasteiger partial charge >= 0.3 is 5.97 Å². The third kappa shape index (κ3) is 3.14. The van der Waals surface area contributed by atoms with Crippen molar-refractivity contribution in [3.05, 3.63) is 12.7 Å². The molecule has 0 spiro atoms. The number of rotatable bonds is 5. The zero-order valence-corrected chi connectivity index (χ0v) is 7.32. The molecule has 2 unspecified atom stereocenters. The van der Waals surface area contributed by atoms with Gasteiger partial charge in [-0.1, -0.05) is 6.08 Å². The van der Waals surface area contributed by atoms with Crippen LogP contribution in [0.3, 0.4) is 0 Å². The third-order valence-corrected chi connectivity index (χ3v) is 1.88. The molecule has 2 atom stereocenters. The van der Waals surface area contributed by atoms with Gasteiger partial charge in [0, 0.05) is 12.6 Å². The van der Waals surface area contributed by atoms with E-state index in [2.05, 4.69) is 17.4 Å². The van der Waals surface area contributed by atoms with Crippen LogP contribution in [0.4, 0.5) is 0 Å². The van der Waals surface area contributed by atoms with Crippen molar-refractivity contribution < 1.29 is 14.7 Å². The van der Waals surface area contributed by atoms with Crippen molar-refractivity contribution in [3.63, 3.8) is 0 Å². The molecule has 13 heavy (non-hydrogen) atoms. The summed E-state index contributed by atoms with van der Waals surface area (Å²) >= 11 is 0. The number of hydrogen-bond donors (Lipinski definition) is 3. The van der Waals surface area contributed by atoms with E-state index in [0.717, 1.165) is 0 Å². The molecule has 0 aromatic heterocycles. The monoisotopic (exact) mass is 186 g/mol. The number of hydrogen-bond acceptors (Lipinski definition) is 4. The summed E-state index contributed by atoms with van der Waals surface area (Å²) in [6.07, 6.45) is 2.18. The van der Waals surface area contributed by atoms with Gasteiger partial charge in [0.1, 0.15) is 6.04 Å². The van der Waals surface area contributed by atoms with Crippen LogP contribution in [0.25, 0.3) is 0 Å². The number of carbonyl (C=O) groups is 1. The first kappa shape index (κ1) is 10.2. The van der Waals surface area contributed by atoms with Gasteiger partial charge in [-0.25, -0.2) is 0 Å². The summed E-state index contributed by atoms with van der Waals surface area (Å²) in [4.78, 5) is 15.5. The van der Waals surface area contributed by atoms with Gasteiger partial charge in [-0.05, 0) is 6.42 Å². The van der Waals surface area contributed by atoms with Crippen molar-refractivity contribution in [2.75, 3.05) is 13.2 Å². The second kappa shape index (κ2) is 4.96. The fourth-order valence-electron chi connectivity index (χ4n) is 1.24. The molecule has 3 N–H and O–H groups in total. The van der Waals surface area contributed by atoms with Gasteiger partial charge in [-0.3, -0.25) is 9.63 Å². The van der Waals surface area contributed by atoms with Crippen molar-refractivity contribution in [2.24, 2.45) is 0 Å². The summed E-state index contributed by atoms with van der Waals surface area (Å²) in [6, 6.07) is -0.383. The zero-order chi connectivity index (χ0) is 9.68. The highest BCUT2D eigenvalue weighted by Gasteiger charge is 2.28. The Hall–Kier alpha value is -0.910. The molecule has 0 saturated carbocycles. The number of carboxylic acids is 1. The average Bonchev–Trinajstić information content (AvgIpc) is 2.53. The summed E-state index contributed by atoms with van der Waals surface area (Å²) in [5, 5.41) is 11.5. The van der Waals surface area contributed by atoms with Crippen LogP contribution in [0.1, 0.15) is 6.42 Å². The van der Waals surface area contributed by atoms with Crippen molar-refractivity contribution in [3.8, 4) is 0 Å². The van der Waals surface area contributed by atoms with Crippen LogP contribution in [-0.4, -0.2) is 36.3 Å². The Morgan fingerprint density at radius 2 is 2.62 bits per heavy atom. The fraction of sp³-hybridized carbons (Fsp3) is 0.625. The maximum atomic E-state index is 10.5. The van der Waals surface area contributed by atoms with E-state index in [4.69, 9.17) is 9.94 Å². The molecule has 0 aliphatic carbocycles. The van der Waals surface area contributed by atoms with E-state index >= 15 is 0 Å². The molecule has 1 aliphatic heterocycles. The molecule has 74 valence electrons. The first-order valence-electron chi connectivity index (χ1n) is 4.18. The number of nitrogens with one attached hydrogen (secondary N) is 2. The topological polar surface area (TPSA) is 70.6 Å². The predicted octanol–water partition coefficient (Wildman–Crippen LogP) is -0.491. The molecule has 0 amide bonds. The molecular formula is C8H14N2O3. The van der Waals surface area contributed by atoms with E-state index in [1.165, 1.54) is 0 Å². The van der Waals surface area contributed by atoms with Crippen LogP contribution in [0.15, 0.2) is 12.7 Å². The lowest BCUT2D eigenvalue weighted by atomic mass is 10.2. The summed E-state index contributed by atoms with van der Waals surface area (Å²) in [5.41, 5.74) is 2.77. The number of hydroxylamine groups is 1. The Morgan fingerprint density at radius 1 is 1.85 bits per heavy atom. The molecule has 1 heterocycles. The van der Waals surface area contributed by atoms with E-state index in [0.29, 0.717) is 19.6 Å². The maximum absolute atomic E-state index is 10.5. The second-order valence-corrected chi connectivity index (χ2v) is 2.95. The minimum Gasteiger partial charge on any atom is -0.480 e. The van der Waals surface area contributed by atoms with Crippen LogP contribution in [-0.2, 0) is 9.63 Å². The molecule has 0 aromatic carbocycles. The minimum atomic E-state index is -0.812. The molecule has 5 nitrogen and oxygen atoms in total. The molecule has 0 bridgehead atoms. The van der Waals surface area contributed by atoms with Crippen LogP contribution in [0.2, 0.25) is 0 Å². The van der Waals surface area contributed by atoms with Gasteiger partial charge in [0.2, 0.25) is 0 Å². The number of carboxylic acid groups (broad SMARTS) is 1. The van der Waals surface area contributed by atoms with Crippen molar-refractivity contribution in [1.82, 2.24) is 10.8 Å². The quantitative estimate of drug-likeness (QED) is 0.307. The molecule has 1 saturated heterocycles. The van der Waals surface area contributed by atoms with Crippen molar-refractivity contribution in [1.29, 1.82) is 0 Å². The zero-order valence-electron chi connectivity index (χ0n) is 7.32. The highest BCUT2D eigenvalue weighted by Crippen LogP contribution is 2.06. The maximum Gasteiger partial charge on any atom is 0.320 e. The minimum absolute atomic E-state index is 0.0704. The normalized spacial score (nSPS) is 27.4. The van der Waals surface area contributed by atoms with Crippen molar-refractivity contribution >= 4 is 5.97 Å². The second-order valence-electron chi connectivity index (χ2n) is 2.95. The van der Waals surface area contributed by atoms with Crippen LogP contribution in [0, 0.1) is 0 Å². The Kier molecular flexibility index (Phi) is 3.88. The largest absolute Gasteiger partial charge is 0.480 e. The van der Waals surface area contributed by atoms with E-state index in [1.54, 1.807) is 6.08 Å². The van der Waals surface area contributed by atoms with Crippen LogP contribution < -0.4 is 10.8 Å². The van der Waals surface area contributed by atoms with E-state index in [9.17, 15) is 4.79 Å². The first-order chi connectivity index (χ1) is 6.24. The molecule has 1 rings (SSSR count). The van der Waals surface area contributed by atoms with Crippen LogP contribution in [0.5, 0.6) is 0 Å². The molecular weight excluding hydrogens is 172 g/mol. The van der Waals surface area contributed by atoms with Gasteiger partial charge in [0.15, 0.2) is 0 Å². The molecule has 1 aliphatic rings. The van der Waals surface area contributed by atoms with E-state index in [1.807, 2.05) is 0 Å². The Labute approximate surface area is 76.7 Å². The van der Waals surface area contributed by atoms with E-state index in [-0.39, 0.29) is 6.04 Å². The highest BCUT2D eigenvalue weighted by molar-refractivity contribution is 5.73. The fourth-order valence-corrected chi connectivity index (χ4v) is 1.24. The lowest BCUT2D eigenvalue weighted by Crippen LogP contribution is -2.31. The molecule has 5 heteroatoms. The summed E-state index contributed by atoms with van der Waals surface area (Å²) in [5.74, 6) is -0.812. The van der Waals surface area contributed by atoms with Crippen LogP contribution >= 0.6 is 0 Å². The van der Waals surface area contributed by atoms with Gasteiger partial charge in [-0.2, -0.15) is 5.48 Å². The Bertz CT molecular complexity index is 196. The van der Waals surface area contributed by atoms with E-state index < -0.39 is 12.0 Å². The SMILES string of the molecule is C=CCONC1CNC(C(=O)O)C1. The summed E-state index contributed by atoms with van der Waals surface area (Å²) in [7, 11) is 0. The van der Waals surface area contributed by atoms with Gasteiger partial charge < -0.3 is 10.4 Å². The van der Waals surface area contributed by atoms with Crippen molar-refractivity contribution in [2.45, 2.75) is 18.5 Å². The standard InChI is InChI=1S/C8H14N2O3/c1-2-3-13-10-6-4-7(8(11)12)9-5-6/h2,6-7,9-10H,1,3-5H2,(H,11,12). The lowest BCUT2D eigenvalue weighted by molar-refractivity contribution is -0.139. The van der Waals surface area contributed by atoms with Gasteiger partial charge in [0.05, 0.1) is 6.61 Å². The highest BCUT2D eigenvalue weighted by atomic mass is 16.6. The average molecular weight is 186 g/mol.